The van der Waals surface area contributed by atoms with Crippen molar-refractivity contribution in [3.8, 4) is 0 Å². The molecule has 0 aromatic carbocycles. The van der Waals surface area contributed by atoms with Gasteiger partial charge in [0.15, 0.2) is 0 Å². The van der Waals surface area contributed by atoms with E-state index >= 15 is 0 Å². The minimum Gasteiger partial charge on any atom is -0.205 e. The molecule has 0 aliphatic carbocycles. The molecule has 0 fully saturated rings. The Morgan fingerprint density at radius 3 is 2.13 bits per heavy atom. The van der Waals surface area contributed by atoms with E-state index in [1.165, 1.54) is 14.1 Å². The lowest BCUT2D eigenvalue weighted by Gasteiger charge is -2.18. The van der Waals surface area contributed by atoms with Crippen molar-refractivity contribution in [1.82, 2.24) is 9.73 Å². The van der Waals surface area contributed by atoms with E-state index in [0.717, 1.165) is 4.31 Å². The summed E-state index contributed by atoms with van der Waals surface area (Å²) in [5.41, 5.74) is 3.60. The van der Waals surface area contributed by atoms with Gasteiger partial charge in [0.05, 0.1) is 0 Å². The van der Waals surface area contributed by atoms with Crippen LogP contribution < -0.4 is 5.43 Å². The molecule has 0 saturated heterocycles. The van der Waals surface area contributed by atoms with Gasteiger partial charge in [0.25, 0.3) is 10.0 Å². The minimum atomic E-state index is -3.55. The number of hydrogen-bond acceptors (Lipinski definition) is 4. The standard InChI is InChI=1S/C8H15N4O2S/c1-8(2,3)6-7(10-11-9-6)15(13,14)12(4)5/h1-5H3. The van der Waals surface area contributed by atoms with Gasteiger partial charge in [-0.1, -0.05) is 20.8 Å². The summed E-state index contributed by atoms with van der Waals surface area (Å²) in [4.78, 5) is 0. The normalized spacial score (nSPS) is 17.5. The second kappa shape index (κ2) is 3.57. The first-order valence-corrected chi connectivity index (χ1v) is 5.90. The number of hydrogen-bond donors (Lipinski definition) is 0. The van der Waals surface area contributed by atoms with E-state index in [-0.39, 0.29) is 10.4 Å². The third-order valence-corrected chi connectivity index (χ3v) is 3.64. The van der Waals surface area contributed by atoms with Gasteiger partial charge < -0.3 is 0 Å². The first-order chi connectivity index (χ1) is 6.67. The Morgan fingerprint density at radius 2 is 1.73 bits per heavy atom. The van der Waals surface area contributed by atoms with Crippen LogP contribution >= 0.6 is 0 Å². The summed E-state index contributed by atoms with van der Waals surface area (Å²) in [6.45, 7) is 5.61. The van der Waals surface area contributed by atoms with Gasteiger partial charge in [0.2, 0.25) is 5.03 Å². The maximum absolute atomic E-state index is 11.8. The molecule has 0 amide bonds. The third-order valence-electron chi connectivity index (χ3n) is 1.92. The Morgan fingerprint density at radius 1 is 1.20 bits per heavy atom. The van der Waals surface area contributed by atoms with Crippen molar-refractivity contribution in [2.24, 2.45) is 15.8 Å². The van der Waals surface area contributed by atoms with E-state index in [2.05, 4.69) is 15.8 Å². The monoisotopic (exact) mass is 231 g/mol. The molecule has 0 aromatic rings. The summed E-state index contributed by atoms with van der Waals surface area (Å²) >= 11 is 0. The highest BCUT2D eigenvalue weighted by atomic mass is 32.2. The first kappa shape index (κ1) is 12.1. The van der Waals surface area contributed by atoms with Crippen LogP contribution in [0.25, 0.3) is 0 Å². The lowest BCUT2D eigenvalue weighted by atomic mass is 9.93. The molecule has 85 valence electrons. The summed E-state index contributed by atoms with van der Waals surface area (Å²) in [5.74, 6) is 0. The van der Waals surface area contributed by atoms with Crippen molar-refractivity contribution >= 4 is 10.0 Å². The molecule has 0 spiro atoms. The topological polar surface area (TPSA) is 76.2 Å². The predicted octanol–water partition coefficient (Wildman–Crippen LogP) is 1.08. The fourth-order valence-electron chi connectivity index (χ4n) is 1.02. The second-order valence-electron chi connectivity index (χ2n) is 4.48. The van der Waals surface area contributed by atoms with Crippen LogP contribution in [0.1, 0.15) is 20.8 Å². The van der Waals surface area contributed by atoms with Crippen LogP contribution in [0.4, 0.5) is 0 Å². The molecule has 0 N–H and O–H groups in total. The molecular weight excluding hydrogens is 216 g/mol. The zero-order valence-corrected chi connectivity index (χ0v) is 10.3. The van der Waals surface area contributed by atoms with Crippen LogP contribution in [0.5, 0.6) is 0 Å². The molecule has 1 heterocycles. The van der Waals surface area contributed by atoms with Gasteiger partial charge in [-0.15, -0.1) is 10.5 Å². The average molecular weight is 231 g/mol. The molecule has 7 heteroatoms. The Hall–Kier alpha value is -0.950. The SMILES string of the molecule is CN(C)S(=O)(=O)C1=C(C(C)(C)C)N=N[N]1. The number of allylic oxidation sites excluding steroid dienone is 1. The van der Waals surface area contributed by atoms with Gasteiger partial charge in [-0.25, -0.2) is 12.7 Å². The van der Waals surface area contributed by atoms with Crippen molar-refractivity contribution in [1.29, 1.82) is 0 Å². The molecule has 1 aliphatic rings. The molecule has 0 saturated carbocycles. The van der Waals surface area contributed by atoms with Crippen LogP contribution in [0, 0.1) is 5.41 Å². The van der Waals surface area contributed by atoms with E-state index in [9.17, 15) is 8.42 Å². The lowest BCUT2D eigenvalue weighted by Crippen LogP contribution is -2.28. The van der Waals surface area contributed by atoms with Crippen molar-refractivity contribution in [3.63, 3.8) is 0 Å². The Bertz CT molecular complexity index is 414. The third kappa shape index (κ3) is 2.18. The quantitative estimate of drug-likeness (QED) is 0.713. The van der Waals surface area contributed by atoms with Gasteiger partial charge in [0, 0.05) is 19.5 Å². The highest BCUT2D eigenvalue weighted by Gasteiger charge is 2.35. The summed E-state index contributed by atoms with van der Waals surface area (Å²) in [5, 5.41) is 7.15. The molecular formula is C8H15N4O2S. The van der Waals surface area contributed by atoms with Crippen LogP contribution in [0.15, 0.2) is 21.1 Å². The van der Waals surface area contributed by atoms with E-state index in [1.807, 2.05) is 20.8 Å². The fourth-order valence-corrected chi connectivity index (χ4v) is 2.09. The molecule has 0 atom stereocenters. The van der Waals surface area contributed by atoms with Crippen LogP contribution in [-0.4, -0.2) is 26.8 Å². The largest absolute Gasteiger partial charge is 0.263 e. The van der Waals surface area contributed by atoms with Gasteiger partial charge in [-0.2, -0.15) is 0 Å². The Kier molecular flexibility index (Phi) is 2.88. The summed E-state index contributed by atoms with van der Waals surface area (Å²) < 4.78 is 24.8. The summed E-state index contributed by atoms with van der Waals surface area (Å²) in [6, 6.07) is 0. The molecule has 0 aromatic heterocycles. The Labute approximate surface area is 90.1 Å². The maximum atomic E-state index is 11.8. The lowest BCUT2D eigenvalue weighted by molar-refractivity contribution is 0.489. The number of rotatable bonds is 2. The first-order valence-electron chi connectivity index (χ1n) is 4.46. The van der Waals surface area contributed by atoms with Crippen molar-refractivity contribution in [2.75, 3.05) is 14.1 Å². The van der Waals surface area contributed by atoms with Gasteiger partial charge >= 0.3 is 0 Å². The van der Waals surface area contributed by atoms with Gasteiger partial charge in [-0.3, -0.25) is 0 Å². The fraction of sp³-hybridized carbons (Fsp3) is 0.750. The van der Waals surface area contributed by atoms with Crippen LogP contribution in [-0.2, 0) is 10.0 Å². The molecule has 0 bridgehead atoms. The minimum absolute atomic E-state index is 0.0556. The molecule has 15 heavy (non-hydrogen) atoms. The number of sulfonamides is 1. The molecule has 0 unspecified atom stereocenters. The highest BCUT2D eigenvalue weighted by molar-refractivity contribution is 7.92. The summed E-state index contributed by atoms with van der Waals surface area (Å²) in [7, 11) is -0.641. The van der Waals surface area contributed by atoms with E-state index < -0.39 is 10.0 Å². The zero-order chi connectivity index (χ0) is 11.9. The number of nitrogens with zero attached hydrogens (tertiary/aromatic N) is 4. The van der Waals surface area contributed by atoms with Gasteiger partial charge in [0.1, 0.15) is 5.70 Å². The van der Waals surface area contributed by atoms with Crippen LogP contribution in [0.2, 0.25) is 0 Å². The summed E-state index contributed by atoms with van der Waals surface area (Å²) in [6.07, 6.45) is 0. The second-order valence-corrected chi connectivity index (χ2v) is 6.55. The van der Waals surface area contributed by atoms with Gasteiger partial charge in [-0.05, 0) is 5.22 Å². The van der Waals surface area contributed by atoms with Crippen molar-refractivity contribution in [3.05, 3.63) is 10.7 Å². The van der Waals surface area contributed by atoms with E-state index in [4.69, 9.17) is 0 Å². The smallest absolute Gasteiger partial charge is 0.205 e. The maximum Gasteiger partial charge on any atom is 0.263 e. The zero-order valence-electron chi connectivity index (χ0n) is 9.51. The highest BCUT2D eigenvalue weighted by Crippen LogP contribution is 2.34. The van der Waals surface area contributed by atoms with Crippen molar-refractivity contribution < 1.29 is 8.42 Å². The molecule has 1 aliphatic heterocycles. The molecule has 1 radical (unpaired) electrons. The van der Waals surface area contributed by atoms with Crippen LogP contribution in [0.3, 0.4) is 0 Å². The Balaban J connectivity index is 3.29. The predicted molar refractivity (Wildman–Crippen MR) is 56.1 cm³/mol. The molecule has 6 nitrogen and oxygen atoms in total. The average Bonchev–Trinajstić information content (AvgIpc) is 2.49. The van der Waals surface area contributed by atoms with Crippen molar-refractivity contribution in [2.45, 2.75) is 20.8 Å². The van der Waals surface area contributed by atoms with E-state index in [0.29, 0.717) is 5.70 Å². The molecule has 1 rings (SSSR count). The van der Waals surface area contributed by atoms with E-state index in [1.54, 1.807) is 0 Å².